The first kappa shape index (κ1) is 20.8. The molecule has 1 amide bonds. The third kappa shape index (κ3) is 4.87. The van der Waals surface area contributed by atoms with Crippen LogP contribution in [0.1, 0.15) is 37.1 Å². The van der Waals surface area contributed by atoms with Crippen molar-refractivity contribution in [3.05, 3.63) is 69.7 Å². The lowest BCUT2D eigenvalue weighted by Crippen LogP contribution is -2.37. The van der Waals surface area contributed by atoms with E-state index < -0.39 is 0 Å². The Labute approximate surface area is 158 Å². The SMILES string of the molecule is CC(NC(=O)C(C)C(N)c1ccccc1)c1cccc(Cl)c1Cl.Cl. The highest BCUT2D eigenvalue weighted by Crippen LogP contribution is 2.30. The number of benzene rings is 2. The molecule has 6 heteroatoms. The van der Waals surface area contributed by atoms with Crippen molar-refractivity contribution in [2.24, 2.45) is 11.7 Å². The topological polar surface area (TPSA) is 55.1 Å². The molecule has 0 saturated carbocycles. The quantitative estimate of drug-likeness (QED) is 0.764. The van der Waals surface area contributed by atoms with E-state index in [0.29, 0.717) is 10.0 Å². The van der Waals surface area contributed by atoms with Crippen LogP contribution in [0.15, 0.2) is 48.5 Å². The predicted octanol–water partition coefficient (Wildman–Crippen LogP) is 4.93. The second kappa shape index (κ2) is 9.28. The van der Waals surface area contributed by atoms with Gasteiger partial charge in [-0.1, -0.05) is 72.6 Å². The van der Waals surface area contributed by atoms with E-state index in [-0.39, 0.29) is 36.3 Å². The van der Waals surface area contributed by atoms with Gasteiger partial charge in [0.15, 0.2) is 0 Å². The molecule has 0 radical (unpaired) electrons. The molecule has 0 fully saturated rings. The number of amides is 1. The van der Waals surface area contributed by atoms with Crippen molar-refractivity contribution in [3.63, 3.8) is 0 Å². The summed E-state index contributed by atoms with van der Waals surface area (Å²) in [5.41, 5.74) is 7.92. The Kier molecular flexibility index (Phi) is 8.04. The molecule has 3 N–H and O–H groups in total. The number of hydrogen-bond donors (Lipinski definition) is 2. The van der Waals surface area contributed by atoms with E-state index in [1.54, 1.807) is 6.07 Å². The second-order valence-corrected chi connectivity index (χ2v) is 6.38. The zero-order chi connectivity index (χ0) is 17.0. The first-order valence-corrected chi connectivity index (χ1v) is 8.22. The second-order valence-electron chi connectivity index (χ2n) is 5.60. The summed E-state index contributed by atoms with van der Waals surface area (Å²) < 4.78 is 0. The maximum absolute atomic E-state index is 12.5. The lowest BCUT2D eigenvalue weighted by molar-refractivity contribution is -0.125. The third-order valence-corrected chi connectivity index (χ3v) is 4.78. The lowest BCUT2D eigenvalue weighted by Gasteiger charge is -2.23. The van der Waals surface area contributed by atoms with Gasteiger partial charge < -0.3 is 11.1 Å². The van der Waals surface area contributed by atoms with Gasteiger partial charge >= 0.3 is 0 Å². The van der Waals surface area contributed by atoms with E-state index in [0.717, 1.165) is 11.1 Å². The molecule has 0 spiro atoms. The summed E-state index contributed by atoms with van der Waals surface area (Å²) >= 11 is 12.2. The van der Waals surface area contributed by atoms with E-state index in [9.17, 15) is 4.79 Å². The van der Waals surface area contributed by atoms with Gasteiger partial charge in [0.25, 0.3) is 0 Å². The van der Waals surface area contributed by atoms with E-state index in [2.05, 4.69) is 5.32 Å². The fourth-order valence-electron chi connectivity index (χ4n) is 2.40. The molecule has 2 rings (SSSR count). The average molecular weight is 388 g/mol. The summed E-state index contributed by atoms with van der Waals surface area (Å²) in [6.07, 6.45) is 0. The maximum Gasteiger partial charge on any atom is 0.225 e. The number of nitrogens with two attached hydrogens (primary N) is 1. The number of hydrogen-bond acceptors (Lipinski definition) is 2. The van der Waals surface area contributed by atoms with Crippen LogP contribution in [0.4, 0.5) is 0 Å². The number of carbonyl (C=O) groups excluding carboxylic acids is 1. The molecule has 0 aromatic heterocycles. The predicted molar refractivity (Wildman–Crippen MR) is 103 cm³/mol. The van der Waals surface area contributed by atoms with Gasteiger partial charge in [0, 0.05) is 6.04 Å². The Bertz CT molecular complexity index is 679. The van der Waals surface area contributed by atoms with E-state index in [4.69, 9.17) is 28.9 Å². The molecule has 3 unspecified atom stereocenters. The fourth-order valence-corrected chi connectivity index (χ4v) is 2.88. The number of halogens is 3. The van der Waals surface area contributed by atoms with Crippen molar-refractivity contribution in [2.75, 3.05) is 0 Å². The van der Waals surface area contributed by atoms with Crippen molar-refractivity contribution in [3.8, 4) is 0 Å². The summed E-state index contributed by atoms with van der Waals surface area (Å²) in [7, 11) is 0. The van der Waals surface area contributed by atoms with Crippen LogP contribution in [0.5, 0.6) is 0 Å². The molecule has 0 saturated heterocycles. The Morgan fingerprint density at radius 1 is 1.04 bits per heavy atom. The molecule has 130 valence electrons. The van der Waals surface area contributed by atoms with E-state index >= 15 is 0 Å². The van der Waals surface area contributed by atoms with Crippen molar-refractivity contribution in [1.29, 1.82) is 0 Å². The van der Waals surface area contributed by atoms with Crippen molar-refractivity contribution in [1.82, 2.24) is 5.32 Å². The van der Waals surface area contributed by atoms with Gasteiger partial charge in [0.2, 0.25) is 5.91 Å². The minimum Gasteiger partial charge on any atom is -0.349 e. The largest absolute Gasteiger partial charge is 0.349 e. The molecule has 2 aromatic rings. The Morgan fingerprint density at radius 3 is 2.29 bits per heavy atom. The molecule has 3 nitrogen and oxygen atoms in total. The Morgan fingerprint density at radius 2 is 1.67 bits per heavy atom. The molecular weight excluding hydrogens is 367 g/mol. The molecule has 0 heterocycles. The Hall–Kier alpha value is -1.26. The first-order chi connectivity index (χ1) is 10.9. The molecular formula is C18H21Cl3N2O. The molecule has 24 heavy (non-hydrogen) atoms. The molecule has 0 aliphatic heterocycles. The molecule has 2 aromatic carbocycles. The van der Waals surface area contributed by atoms with Crippen LogP contribution >= 0.6 is 35.6 Å². The van der Waals surface area contributed by atoms with Crippen LogP contribution in [-0.4, -0.2) is 5.91 Å². The summed E-state index contributed by atoms with van der Waals surface area (Å²) in [6.45, 7) is 3.69. The maximum atomic E-state index is 12.5. The normalized spacial score (nSPS) is 14.2. The van der Waals surface area contributed by atoms with Gasteiger partial charge in [-0.15, -0.1) is 12.4 Å². The number of carbonyl (C=O) groups is 1. The van der Waals surface area contributed by atoms with Crippen molar-refractivity contribution >= 4 is 41.5 Å². The summed E-state index contributed by atoms with van der Waals surface area (Å²) in [5.74, 6) is -0.484. The highest BCUT2D eigenvalue weighted by Gasteiger charge is 2.24. The highest BCUT2D eigenvalue weighted by molar-refractivity contribution is 6.42. The highest BCUT2D eigenvalue weighted by atomic mass is 35.5. The zero-order valence-electron chi connectivity index (χ0n) is 13.5. The summed E-state index contributed by atoms with van der Waals surface area (Å²) in [5, 5.41) is 3.88. The standard InChI is InChI=1S/C18H20Cl2N2O.ClH/c1-11(17(21)13-7-4-3-5-8-13)18(23)22-12(2)14-9-6-10-15(19)16(14)20;/h3-12,17H,21H2,1-2H3,(H,22,23);1H. The minimum absolute atomic E-state index is 0. The number of nitrogens with one attached hydrogen (secondary N) is 1. The zero-order valence-corrected chi connectivity index (χ0v) is 15.8. The van der Waals surface area contributed by atoms with Gasteiger partial charge in [0.1, 0.15) is 0 Å². The fraction of sp³-hybridized carbons (Fsp3) is 0.278. The Balaban J connectivity index is 0.00000288. The molecule has 3 atom stereocenters. The van der Waals surface area contributed by atoms with Gasteiger partial charge in [-0.05, 0) is 24.1 Å². The minimum atomic E-state index is -0.363. The smallest absolute Gasteiger partial charge is 0.225 e. The van der Waals surface area contributed by atoms with Crippen molar-refractivity contribution < 1.29 is 4.79 Å². The average Bonchev–Trinajstić information content (AvgIpc) is 2.56. The van der Waals surface area contributed by atoms with Crippen LogP contribution in [0.3, 0.4) is 0 Å². The first-order valence-electron chi connectivity index (χ1n) is 7.46. The van der Waals surface area contributed by atoms with Crippen molar-refractivity contribution in [2.45, 2.75) is 25.9 Å². The molecule has 0 bridgehead atoms. The van der Waals surface area contributed by atoms with Crippen LogP contribution in [0.25, 0.3) is 0 Å². The summed E-state index contributed by atoms with van der Waals surface area (Å²) in [4.78, 5) is 12.5. The van der Waals surface area contributed by atoms with Gasteiger partial charge in [-0.3, -0.25) is 4.79 Å². The third-order valence-electron chi connectivity index (χ3n) is 3.94. The van der Waals surface area contributed by atoms with Crippen LogP contribution in [0.2, 0.25) is 10.0 Å². The molecule has 0 aliphatic carbocycles. The van der Waals surface area contributed by atoms with E-state index in [1.807, 2.05) is 56.3 Å². The van der Waals surface area contributed by atoms with Crippen LogP contribution in [-0.2, 0) is 4.79 Å². The van der Waals surface area contributed by atoms with Gasteiger partial charge in [0.05, 0.1) is 22.0 Å². The van der Waals surface area contributed by atoms with E-state index in [1.165, 1.54) is 0 Å². The monoisotopic (exact) mass is 386 g/mol. The number of rotatable bonds is 5. The van der Waals surface area contributed by atoms with Gasteiger partial charge in [-0.25, -0.2) is 0 Å². The van der Waals surface area contributed by atoms with Crippen LogP contribution < -0.4 is 11.1 Å². The van der Waals surface area contributed by atoms with Crippen LogP contribution in [0, 0.1) is 5.92 Å². The van der Waals surface area contributed by atoms with Gasteiger partial charge in [-0.2, -0.15) is 0 Å². The lowest BCUT2D eigenvalue weighted by atomic mass is 9.94. The summed E-state index contributed by atoms with van der Waals surface area (Å²) in [6, 6.07) is 14.4. The molecule has 0 aliphatic rings.